The van der Waals surface area contributed by atoms with Crippen molar-refractivity contribution < 1.29 is 9.53 Å². The Balaban J connectivity index is 1.47. The number of hydrogen-bond acceptors (Lipinski definition) is 3. The van der Waals surface area contributed by atoms with E-state index in [1.54, 1.807) is 6.92 Å². The van der Waals surface area contributed by atoms with Crippen molar-refractivity contribution >= 4 is 5.91 Å². The number of rotatable bonds is 8. The summed E-state index contributed by atoms with van der Waals surface area (Å²) < 4.78 is 5.87. The van der Waals surface area contributed by atoms with Crippen molar-refractivity contribution in [3.8, 4) is 5.75 Å². The summed E-state index contributed by atoms with van der Waals surface area (Å²) in [6.45, 7) is 7.83. The second-order valence-corrected chi connectivity index (χ2v) is 7.59. The van der Waals surface area contributed by atoms with Crippen LogP contribution in [0.15, 0.2) is 48.5 Å². The molecular formula is C24H32N2O2. The highest BCUT2D eigenvalue weighted by molar-refractivity contribution is 5.80. The predicted molar refractivity (Wildman–Crippen MR) is 113 cm³/mol. The number of hydrogen-bond donors (Lipinski definition) is 1. The first-order chi connectivity index (χ1) is 13.7. The van der Waals surface area contributed by atoms with Gasteiger partial charge in [-0.2, -0.15) is 0 Å². The molecule has 0 spiro atoms. The quantitative estimate of drug-likeness (QED) is 0.742. The van der Waals surface area contributed by atoms with Gasteiger partial charge in [0.1, 0.15) is 5.75 Å². The van der Waals surface area contributed by atoms with Crippen molar-refractivity contribution in [2.75, 3.05) is 13.1 Å². The van der Waals surface area contributed by atoms with Crippen molar-refractivity contribution in [2.24, 2.45) is 0 Å². The van der Waals surface area contributed by atoms with E-state index in [4.69, 9.17) is 4.74 Å². The Kier molecular flexibility index (Phi) is 7.49. The monoisotopic (exact) mass is 380 g/mol. The maximum absolute atomic E-state index is 12.4. The smallest absolute Gasteiger partial charge is 0.261 e. The molecule has 0 radical (unpaired) electrons. The van der Waals surface area contributed by atoms with Crippen LogP contribution in [-0.4, -0.2) is 30.0 Å². The second-order valence-electron chi connectivity index (χ2n) is 7.59. The maximum atomic E-state index is 12.4. The number of nitrogens with one attached hydrogen (secondary N) is 1. The molecule has 0 bridgehead atoms. The molecule has 1 amide bonds. The average Bonchev–Trinajstić information content (AvgIpc) is 2.74. The van der Waals surface area contributed by atoms with E-state index in [-0.39, 0.29) is 5.91 Å². The third kappa shape index (κ3) is 5.83. The first-order valence-corrected chi connectivity index (χ1v) is 10.5. The first kappa shape index (κ1) is 20.4. The van der Waals surface area contributed by atoms with Crippen LogP contribution in [0.1, 0.15) is 49.8 Å². The van der Waals surface area contributed by atoms with Crippen LogP contribution in [0.5, 0.6) is 5.75 Å². The first-order valence-electron chi connectivity index (χ1n) is 10.5. The summed E-state index contributed by atoms with van der Waals surface area (Å²) in [5.74, 6) is 0.693. The standard InChI is InChI=1S/C24H32N2O2/c1-3-22-9-5-6-10-23(22)28-19(2)24(27)25-17-20-11-13-21(14-12-20)18-26-15-7-4-8-16-26/h5-6,9-14,19H,3-4,7-8,15-18H2,1-2H3,(H,25,27)/t19-/m0/s1. The van der Waals surface area contributed by atoms with E-state index in [1.807, 2.05) is 24.3 Å². The molecule has 1 heterocycles. The zero-order valence-corrected chi connectivity index (χ0v) is 17.1. The zero-order chi connectivity index (χ0) is 19.8. The fourth-order valence-corrected chi connectivity index (χ4v) is 3.63. The molecule has 2 aromatic rings. The predicted octanol–water partition coefficient (Wildman–Crippen LogP) is 4.32. The van der Waals surface area contributed by atoms with Crippen molar-refractivity contribution in [1.29, 1.82) is 0 Å². The molecule has 4 nitrogen and oxygen atoms in total. The van der Waals surface area contributed by atoms with Gasteiger partial charge < -0.3 is 10.1 Å². The fraction of sp³-hybridized carbons (Fsp3) is 0.458. The van der Waals surface area contributed by atoms with E-state index in [2.05, 4.69) is 41.4 Å². The SMILES string of the molecule is CCc1ccccc1O[C@@H](C)C(=O)NCc1ccc(CN2CCCCC2)cc1. The molecule has 150 valence electrons. The molecule has 0 aromatic heterocycles. The average molecular weight is 381 g/mol. The Morgan fingerprint density at radius 3 is 2.43 bits per heavy atom. The Bertz CT molecular complexity index is 751. The largest absolute Gasteiger partial charge is 0.481 e. The minimum absolute atomic E-state index is 0.0942. The molecule has 1 N–H and O–H groups in total. The molecule has 4 heteroatoms. The molecular weight excluding hydrogens is 348 g/mol. The fourth-order valence-electron chi connectivity index (χ4n) is 3.63. The molecule has 0 unspecified atom stereocenters. The third-order valence-electron chi connectivity index (χ3n) is 5.37. The van der Waals surface area contributed by atoms with E-state index < -0.39 is 6.10 Å². The lowest BCUT2D eigenvalue weighted by Crippen LogP contribution is -2.36. The summed E-state index contributed by atoms with van der Waals surface area (Å²) in [6.07, 6.45) is 4.35. The Morgan fingerprint density at radius 2 is 1.71 bits per heavy atom. The molecule has 1 fully saturated rings. The topological polar surface area (TPSA) is 41.6 Å². The lowest BCUT2D eigenvalue weighted by atomic mass is 10.1. The maximum Gasteiger partial charge on any atom is 0.261 e. The summed E-state index contributed by atoms with van der Waals surface area (Å²) in [6, 6.07) is 16.4. The number of benzene rings is 2. The third-order valence-corrected chi connectivity index (χ3v) is 5.37. The molecule has 0 aliphatic carbocycles. The van der Waals surface area contributed by atoms with Crippen LogP contribution >= 0.6 is 0 Å². The Labute approximate surface area is 168 Å². The normalized spacial score (nSPS) is 15.8. The van der Waals surface area contributed by atoms with Gasteiger partial charge >= 0.3 is 0 Å². The number of likely N-dealkylation sites (tertiary alicyclic amines) is 1. The van der Waals surface area contributed by atoms with Gasteiger partial charge in [-0.3, -0.25) is 9.69 Å². The minimum Gasteiger partial charge on any atom is -0.481 e. The summed E-state index contributed by atoms with van der Waals surface area (Å²) in [5.41, 5.74) is 3.56. The van der Waals surface area contributed by atoms with Gasteiger partial charge in [-0.05, 0) is 62.0 Å². The van der Waals surface area contributed by atoms with Crippen molar-refractivity contribution in [2.45, 2.75) is 58.7 Å². The Hall–Kier alpha value is -2.33. The van der Waals surface area contributed by atoms with Gasteiger partial charge in [-0.25, -0.2) is 0 Å². The van der Waals surface area contributed by atoms with E-state index in [0.717, 1.165) is 29.8 Å². The minimum atomic E-state index is -0.522. The van der Waals surface area contributed by atoms with Crippen LogP contribution in [0.2, 0.25) is 0 Å². The van der Waals surface area contributed by atoms with Crippen molar-refractivity contribution in [3.63, 3.8) is 0 Å². The number of nitrogens with zero attached hydrogens (tertiary/aromatic N) is 1. The number of para-hydroxylation sites is 1. The lowest BCUT2D eigenvalue weighted by molar-refractivity contribution is -0.127. The van der Waals surface area contributed by atoms with Gasteiger partial charge in [0.15, 0.2) is 6.10 Å². The highest BCUT2D eigenvalue weighted by Gasteiger charge is 2.16. The molecule has 2 aromatic carbocycles. The molecule has 1 aliphatic rings. The molecule has 1 saturated heterocycles. The number of carbonyl (C=O) groups is 1. The van der Waals surface area contributed by atoms with E-state index in [9.17, 15) is 4.79 Å². The van der Waals surface area contributed by atoms with Crippen molar-refractivity contribution in [1.82, 2.24) is 10.2 Å². The number of amides is 1. The molecule has 1 atom stereocenters. The number of piperidine rings is 1. The van der Waals surface area contributed by atoms with Crippen LogP contribution < -0.4 is 10.1 Å². The van der Waals surface area contributed by atoms with Gasteiger partial charge in [0.2, 0.25) is 0 Å². The highest BCUT2D eigenvalue weighted by atomic mass is 16.5. The zero-order valence-electron chi connectivity index (χ0n) is 17.1. The summed E-state index contributed by atoms with van der Waals surface area (Å²) in [4.78, 5) is 14.9. The van der Waals surface area contributed by atoms with Crippen LogP contribution in [0, 0.1) is 0 Å². The van der Waals surface area contributed by atoms with Gasteiger partial charge in [-0.15, -0.1) is 0 Å². The van der Waals surface area contributed by atoms with E-state index in [1.165, 1.54) is 37.9 Å². The van der Waals surface area contributed by atoms with Crippen molar-refractivity contribution in [3.05, 3.63) is 65.2 Å². The molecule has 0 saturated carbocycles. The van der Waals surface area contributed by atoms with Crippen LogP contribution in [-0.2, 0) is 24.3 Å². The number of ether oxygens (including phenoxy) is 1. The lowest BCUT2D eigenvalue weighted by Gasteiger charge is -2.26. The number of carbonyl (C=O) groups excluding carboxylic acids is 1. The van der Waals surface area contributed by atoms with Gasteiger partial charge in [-0.1, -0.05) is 55.8 Å². The van der Waals surface area contributed by atoms with E-state index >= 15 is 0 Å². The number of aryl methyl sites for hydroxylation is 1. The summed E-state index contributed by atoms with van der Waals surface area (Å²) in [5, 5.41) is 2.98. The molecule has 3 rings (SSSR count). The van der Waals surface area contributed by atoms with Gasteiger partial charge in [0.05, 0.1) is 0 Å². The Morgan fingerprint density at radius 1 is 1.04 bits per heavy atom. The highest BCUT2D eigenvalue weighted by Crippen LogP contribution is 2.20. The van der Waals surface area contributed by atoms with Gasteiger partial charge in [0, 0.05) is 13.1 Å². The molecule has 1 aliphatic heterocycles. The van der Waals surface area contributed by atoms with Crippen LogP contribution in [0.3, 0.4) is 0 Å². The van der Waals surface area contributed by atoms with Crippen LogP contribution in [0.4, 0.5) is 0 Å². The van der Waals surface area contributed by atoms with Crippen LogP contribution in [0.25, 0.3) is 0 Å². The summed E-state index contributed by atoms with van der Waals surface area (Å²) >= 11 is 0. The second kappa shape index (κ2) is 10.3. The van der Waals surface area contributed by atoms with E-state index in [0.29, 0.717) is 6.54 Å². The molecule has 28 heavy (non-hydrogen) atoms. The summed E-state index contributed by atoms with van der Waals surface area (Å²) in [7, 11) is 0. The van der Waals surface area contributed by atoms with Gasteiger partial charge in [0.25, 0.3) is 5.91 Å².